The van der Waals surface area contributed by atoms with Gasteiger partial charge in [-0.15, -0.1) is 0 Å². The Balaban J connectivity index is 1.22. The van der Waals surface area contributed by atoms with Gasteiger partial charge in [-0.05, 0) is 81.2 Å². The van der Waals surface area contributed by atoms with Gasteiger partial charge in [-0.25, -0.2) is 4.98 Å². The fourth-order valence-corrected chi connectivity index (χ4v) is 6.78. The van der Waals surface area contributed by atoms with Gasteiger partial charge in [0, 0.05) is 33.4 Å². The standard InChI is InChI=1S/C43H28N2O/c1-4-13-30(14-5-1)43-44-41-39-28-27-35-34(21-12-22-36(35)40(39)37-19-10-11-20-38(37)42(41)46-43)29-23-25-33(26-24-29)45(31-15-6-2-7-16-31)32-17-8-3-9-18-32/h1-28H. The first-order valence-electron chi connectivity index (χ1n) is 15.6. The van der Waals surface area contributed by atoms with Crippen molar-refractivity contribution >= 4 is 60.5 Å². The number of rotatable bonds is 5. The number of anilines is 3. The summed E-state index contributed by atoms with van der Waals surface area (Å²) in [6.07, 6.45) is 0. The van der Waals surface area contributed by atoms with Gasteiger partial charge in [-0.3, -0.25) is 0 Å². The maximum Gasteiger partial charge on any atom is 0.227 e. The lowest BCUT2D eigenvalue weighted by molar-refractivity contribution is 0.623. The Morgan fingerprint density at radius 1 is 0.391 bits per heavy atom. The minimum atomic E-state index is 0.641. The van der Waals surface area contributed by atoms with Crippen LogP contribution < -0.4 is 4.90 Å². The van der Waals surface area contributed by atoms with Crippen LogP contribution in [0.15, 0.2) is 174 Å². The second-order valence-electron chi connectivity index (χ2n) is 11.6. The van der Waals surface area contributed by atoms with Crippen molar-refractivity contribution in [3.05, 3.63) is 170 Å². The normalized spacial score (nSPS) is 11.5. The minimum Gasteiger partial charge on any atom is -0.435 e. The SMILES string of the molecule is c1ccc(-c2nc3c4ccc5c(-c6ccc(N(c7ccccc7)c7ccccc7)cc6)cccc5c4c4ccccc4c3o2)cc1. The third-order valence-electron chi connectivity index (χ3n) is 8.87. The second kappa shape index (κ2) is 10.8. The van der Waals surface area contributed by atoms with E-state index >= 15 is 0 Å². The zero-order valence-corrected chi connectivity index (χ0v) is 25.0. The number of oxazole rings is 1. The van der Waals surface area contributed by atoms with E-state index in [1.807, 2.05) is 30.3 Å². The van der Waals surface area contributed by atoms with Crippen LogP contribution in [0.5, 0.6) is 0 Å². The highest BCUT2D eigenvalue weighted by Crippen LogP contribution is 2.43. The predicted molar refractivity (Wildman–Crippen MR) is 192 cm³/mol. The lowest BCUT2D eigenvalue weighted by Crippen LogP contribution is -2.09. The minimum absolute atomic E-state index is 0.641. The Kier molecular flexibility index (Phi) is 6.14. The third kappa shape index (κ3) is 4.25. The molecule has 0 bridgehead atoms. The molecule has 9 rings (SSSR count). The molecule has 0 aliphatic rings. The van der Waals surface area contributed by atoms with Crippen molar-refractivity contribution in [3.63, 3.8) is 0 Å². The topological polar surface area (TPSA) is 29.3 Å². The molecular formula is C43H28N2O. The van der Waals surface area contributed by atoms with E-state index in [9.17, 15) is 0 Å². The molecule has 0 aliphatic heterocycles. The van der Waals surface area contributed by atoms with Gasteiger partial charge >= 0.3 is 0 Å². The molecule has 0 radical (unpaired) electrons. The van der Waals surface area contributed by atoms with Crippen molar-refractivity contribution in [1.29, 1.82) is 0 Å². The summed E-state index contributed by atoms with van der Waals surface area (Å²) in [6, 6.07) is 59.7. The average molecular weight is 589 g/mol. The van der Waals surface area contributed by atoms with E-state index in [2.05, 4.69) is 144 Å². The summed E-state index contributed by atoms with van der Waals surface area (Å²) >= 11 is 0. The van der Waals surface area contributed by atoms with Crippen LogP contribution in [0.3, 0.4) is 0 Å². The molecule has 1 aromatic heterocycles. The van der Waals surface area contributed by atoms with Crippen LogP contribution in [0, 0.1) is 0 Å². The van der Waals surface area contributed by atoms with Crippen LogP contribution in [0.25, 0.3) is 66.0 Å². The average Bonchev–Trinajstić information content (AvgIpc) is 3.59. The third-order valence-corrected chi connectivity index (χ3v) is 8.87. The second-order valence-corrected chi connectivity index (χ2v) is 11.6. The summed E-state index contributed by atoms with van der Waals surface area (Å²) in [4.78, 5) is 7.34. The van der Waals surface area contributed by atoms with Gasteiger partial charge in [-0.2, -0.15) is 0 Å². The number of benzene rings is 8. The number of para-hydroxylation sites is 2. The molecule has 0 fully saturated rings. The van der Waals surface area contributed by atoms with Gasteiger partial charge in [-0.1, -0.05) is 121 Å². The number of aromatic nitrogens is 1. The van der Waals surface area contributed by atoms with Crippen molar-refractivity contribution in [2.45, 2.75) is 0 Å². The maximum absolute atomic E-state index is 6.46. The van der Waals surface area contributed by atoms with Gasteiger partial charge in [0.05, 0.1) is 0 Å². The van der Waals surface area contributed by atoms with Crippen LogP contribution in [0.2, 0.25) is 0 Å². The summed E-state index contributed by atoms with van der Waals surface area (Å²) < 4.78 is 6.46. The van der Waals surface area contributed by atoms with E-state index in [4.69, 9.17) is 9.40 Å². The van der Waals surface area contributed by atoms with Crippen molar-refractivity contribution < 1.29 is 4.42 Å². The van der Waals surface area contributed by atoms with E-state index in [-0.39, 0.29) is 0 Å². The molecule has 0 aliphatic carbocycles. The summed E-state index contributed by atoms with van der Waals surface area (Å²) in [5.74, 6) is 0.641. The molecule has 1 heterocycles. The highest BCUT2D eigenvalue weighted by molar-refractivity contribution is 6.30. The Labute approximate surface area is 266 Å². The Morgan fingerprint density at radius 3 is 1.63 bits per heavy atom. The van der Waals surface area contributed by atoms with Gasteiger partial charge in [0.15, 0.2) is 5.58 Å². The van der Waals surface area contributed by atoms with E-state index in [1.165, 1.54) is 32.7 Å². The molecule has 46 heavy (non-hydrogen) atoms. The lowest BCUT2D eigenvalue weighted by Gasteiger charge is -2.25. The molecule has 3 heteroatoms. The number of hydrogen-bond acceptors (Lipinski definition) is 3. The molecule has 3 nitrogen and oxygen atoms in total. The van der Waals surface area contributed by atoms with E-state index in [0.29, 0.717) is 5.89 Å². The largest absolute Gasteiger partial charge is 0.435 e. The Bertz CT molecular complexity index is 2460. The summed E-state index contributed by atoms with van der Waals surface area (Å²) in [7, 11) is 0. The number of fused-ring (bicyclic) bond motifs is 8. The van der Waals surface area contributed by atoms with Crippen LogP contribution in [-0.2, 0) is 0 Å². The van der Waals surface area contributed by atoms with Crippen LogP contribution >= 0.6 is 0 Å². The van der Waals surface area contributed by atoms with Crippen molar-refractivity contribution in [1.82, 2.24) is 4.98 Å². The van der Waals surface area contributed by atoms with Crippen molar-refractivity contribution in [2.24, 2.45) is 0 Å². The fraction of sp³-hybridized carbons (Fsp3) is 0. The molecule has 9 aromatic rings. The van der Waals surface area contributed by atoms with Crippen molar-refractivity contribution in [3.8, 4) is 22.6 Å². The van der Waals surface area contributed by atoms with E-state index < -0.39 is 0 Å². The Morgan fingerprint density at radius 2 is 0.935 bits per heavy atom. The van der Waals surface area contributed by atoms with Crippen molar-refractivity contribution in [2.75, 3.05) is 4.90 Å². The highest BCUT2D eigenvalue weighted by Gasteiger charge is 2.19. The summed E-state index contributed by atoms with van der Waals surface area (Å²) in [5.41, 5.74) is 8.43. The van der Waals surface area contributed by atoms with E-state index in [1.54, 1.807) is 0 Å². The molecule has 8 aromatic carbocycles. The molecule has 216 valence electrons. The molecule has 0 saturated heterocycles. The van der Waals surface area contributed by atoms with Gasteiger partial charge < -0.3 is 9.32 Å². The molecule has 0 saturated carbocycles. The smallest absolute Gasteiger partial charge is 0.227 e. The quantitative estimate of drug-likeness (QED) is 0.187. The number of hydrogen-bond donors (Lipinski definition) is 0. The molecule has 0 spiro atoms. The molecule has 0 atom stereocenters. The van der Waals surface area contributed by atoms with Gasteiger partial charge in [0.1, 0.15) is 5.52 Å². The molecule has 0 N–H and O–H groups in total. The number of nitrogens with zero attached hydrogens (tertiary/aromatic N) is 2. The van der Waals surface area contributed by atoms with E-state index in [0.717, 1.165) is 44.5 Å². The highest BCUT2D eigenvalue weighted by atomic mass is 16.3. The van der Waals surface area contributed by atoms with Crippen LogP contribution in [-0.4, -0.2) is 4.98 Å². The summed E-state index contributed by atoms with van der Waals surface area (Å²) in [5, 5.41) is 6.95. The molecule has 0 amide bonds. The molecule has 0 unspecified atom stereocenters. The summed E-state index contributed by atoms with van der Waals surface area (Å²) in [6.45, 7) is 0. The van der Waals surface area contributed by atoms with Gasteiger partial charge in [0.2, 0.25) is 5.89 Å². The first kappa shape index (κ1) is 26.2. The molecular weight excluding hydrogens is 560 g/mol. The fourth-order valence-electron chi connectivity index (χ4n) is 6.78. The zero-order valence-electron chi connectivity index (χ0n) is 25.0. The zero-order chi connectivity index (χ0) is 30.5. The lowest BCUT2D eigenvalue weighted by atomic mass is 9.91. The van der Waals surface area contributed by atoms with Crippen LogP contribution in [0.1, 0.15) is 0 Å². The first-order valence-corrected chi connectivity index (χ1v) is 15.6. The monoisotopic (exact) mass is 588 g/mol. The van der Waals surface area contributed by atoms with Gasteiger partial charge in [0.25, 0.3) is 0 Å². The first-order chi connectivity index (χ1) is 22.8. The predicted octanol–water partition coefficient (Wildman–Crippen LogP) is 12.1. The van der Waals surface area contributed by atoms with Crippen LogP contribution in [0.4, 0.5) is 17.1 Å². The Hall–Kier alpha value is -6.19. The maximum atomic E-state index is 6.46.